The van der Waals surface area contributed by atoms with Gasteiger partial charge < -0.3 is 14.5 Å². The van der Waals surface area contributed by atoms with E-state index in [1.807, 2.05) is 4.90 Å². The smallest absolute Gasteiger partial charge is 0.245 e. The number of carbonyl (C=O) groups excluding carboxylic acids is 2. The first kappa shape index (κ1) is 20.1. The number of halogens is 1. The lowest BCUT2D eigenvalue weighted by molar-refractivity contribution is -0.142. The minimum absolute atomic E-state index is 0.0148. The van der Waals surface area contributed by atoms with Crippen molar-refractivity contribution in [2.45, 2.75) is 57.2 Å². The maximum absolute atomic E-state index is 13.4. The van der Waals surface area contributed by atoms with Crippen LogP contribution in [-0.4, -0.2) is 77.4 Å². The van der Waals surface area contributed by atoms with Gasteiger partial charge in [-0.25, -0.2) is 4.39 Å². The highest BCUT2D eigenvalue weighted by molar-refractivity contribution is 5.87. The maximum Gasteiger partial charge on any atom is 0.245 e. The number of ether oxygens (including phenoxy) is 1. The van der Waals surface area contributed by atoms with Crippen molar-refractivity contribution in [1.29, 1.82) is 0 Å². The number of amides is 2. The van der Waals surface area contributed by atoms with E-state index in [9.17, 15) is 14.0 Å². The Hall–Kier alpha value is -2.15. The highest BCUT2D eigenvalue weighted by Gasteiger charge is 2.41. The number of nitrogens with zero attached hydrogens (tertiary/aromatic N) is 3. The Morgan fingerprint density at radius 2 is 1.93 bits per heavy atom. The molecule has 1 aromatic carbocycles. The lowest BCUT2D eigenvalue weighted by atomic mass is 9.91. The number of hydrogen-bond acceptors (Lipinski definition) is 4. The Balaban J connectivity index is 1.40. The van der Waals surface area contributed by atoms with Gasteiger partial charge >= 0.3 is 0 Å². The van der Waals surface area contributed by atoms with Crippen molar-refractivity contribution in [2.24, 2.45) is 0 Å². The topological polar surface area (TPSA) is 53.1 Å². The molecule has 3 fully saturated rings. The second-order valence-corrected chi connectivity index (χ2v) is 8.42. The van der Waals surface area contributed by atoms with Crippen LogP contribution >= 0.6 is 0 Å². The van der Waals surface area contributed by atoms with Gasteiger partial charge in [0.25, 0.3) is 0 Å². The molecular formula is C22H30FN3O3. The predicted molar refractivity (Wildman–Crippen MR) is 107 cm³/mol. The zero-order valence-corrected chi connectivity index (χ0v) is 17.1. The molecule has 7 heteroatoms. The molecule has 0 bridgehead atoms. The van der Waals surface area contributed by atoms with Gasteiger partial charge in [0, 0.05) is 51.6 Å². The van der Waals surface area contributed by atoms with Crippen LogP contribution in [-0.2, 0) is 9.59 Å². The summed E-state index contributed by atoms with van der Waals surface area (Å²) < 4.78 is 19.3. The van der Waals surface area contributed by atoms with E-state index in [4.69, 9.17) is 4.74 Å². The molecule has 2 atom stereocenters. The van der Waals surface area contributed by atoms with Gasteiger partial charge in [-0.15, -0.1) is 0 Å². The minimum atomic E-state index is -0.499. The highest BCUT2D eigenvalue weighted by Crippen LogP contribution is 2.28. The van der Waals surface area contributed by atoms with Crippen molar-refractivity contribution < 1.29 is 18.7 Å². The molecule has 2 amide bonds. The van der Waals surface area contributed by atoms with Gasteiger partial charge in [-0.05, 0) is 31.4 Å². The van der Waals surface area contributed by atoms with Crippen molar-refractivity contribution in [1.82, 2.24) is 14.7 Å². The standard InChI is InChI=1S/C22H30FN3O3/c1-16(27)26-15-20(29-19-8-2-5-17(23)13-19)14-21(26)22(28)25-10-4-9-24(11-12-25)18-6-3-7-18/h2,5,8,13,18,20-21H,3-4,6-7,9-12,14-15H2,1H3/t20-,21+/m0/s1. The number of carbonyl (C=O) groups is 2. The predicted octanol–water partition coefficient (Wildman–Crippen LogP) is 2.28. The van der Waals surface area contributed by atoms with E-state index in [1.54, 1.807) is 17.0 Å². The molecule has 2 heterocycles. The normalized spacial score (nSPS) is 26.1. The van der Waals surface area contributed by atoms with Gasteiger partial charge in [0.2, 0.25) is 11.8 Å². The van der Waals surface area contributed by atoms with Crippen LogP contribution in [0.25, 0.3) is 0 Å². The van der Waals surface area contributed by atoms with Crippen molar-refractivity contribution in [3.8, 4) is 5.75 Å². The van der Waals surface area contributed by atoms with Crippen molar-refractivity contribution in [3.63, 3.8) is 0 Å². The Morgan fingerprint density at radius 1 is 1.10 bits per heavy atom. The molecule has 0 aromatic heterocycles. The summed E-state index contributed by atoms with van der Waals surface area (Å²) in [5.74, 6) is -0.0461. The zero-order valence-electron chi connectivity index (χ0n) is 17.1. The highest BCUT2D eigenvalue weighted by atomic mass is 19.1. The molecule has 3 aliphatic rings. The monoisotopic (exact) mass is 403 g/mol. The van der Waals surface area contributed by atoms with Gasteiger partial charge in [0.15, 0.2) is 0 Å². The maximum atomic E-state index is 13.4. The van der Waals surface area contributed by atoms with Crippen LogP contribution in [0.4, 0.5) is 4.39 Å². The van der Waals surface area contributed by atoms with Crippen LogP contribution in [0.15, 0.2) is 24.3 Å². The third-order valence-electron chi connectivity index (χ3n) is 6.48. The van der Waals surface area contributed by atoms with Gasteiger partial charge in [-0.1, -0.05) is 12.5 Å². The van der Waals surface area contributed by atoms with E-state index in [0.29, 0.717) is 31.3 Å². The molecule has 2 saturated heterocycles. The van der Waals surface area contributed by atoms with Gasteiger partial charge in [-0.2, -0.15) is 0 Å². The summed E-state index contributed by atoms with van der Waals surface area (Å²) in [4.78, 5) is 31.5. The van der Waals surface area contributed by atoms with Crippen LogP contribution in [0, 0.1) is 5.82 Å². The third-order valence-corrected chi connectivity index (χ3v) is 6.48. The molecule has 0 spiro atoms. The number of likely N-dealkylation sites (tertiary alicyclic amines) is 1. The largest absolute Gasteiger partial charge is 0.488 e. The van der Waals surface area contributed by atoms with E-state index < -0.39 is 6.04 Å². The van der Waals surface area contributed by atoms with E-state index in [-0.39, 0.29) is 23.7 Å². The van der Waals surface area contributed by atoms with Crippen LogP contribution in [0.5, 0.6) is 5.75 Å². The van der Waals surface area contributed by atoms with Crippen molar-refractivity contribution >= 4 is 11.8 Å². The molecule has 2 aliphatic heterocycles. The Labute approximate surface area is 171 Å². The second kappa shape index (κ2) is 8.69. The number of hydrogen-bond donors (Lipinski definition) is 0. The van der Waals surface area contributed by atoms with Gasteiger partial charge in [0.05, 0.1) is 6.54 Å². The van der Waals surface area contributed by atoms with E-state index in [2.05, 4.69) is 4.90 Å². The lowest BCUT2D eigenvalue weighted by Crippen LogP contribution is -2.48. The van der Waals surface area contributed by atoms with Crippen LogP contribution < -0.4 is 4.74 Å². The fourth-order valence-electron chi connectivity index (χ4n) is 4.68. The summed E-state index contributed by atoms with van der Waals surface area (Å²) in [6.07, 6.45) is 4.96. The zero-order chi connectivity index (χ0) is 20.4. The number of rotatable bonds is 4. The first-order chi connectivity index (χ1) is 14.0. The molecule has 29 heavy (non-hydrogen) atoms. The van der Waals surface area contributed by atoms with Crippen LogP contribution in [0.3, 0.4) is 0 Å². The molecule has 0 unspecified atom stereocenters. The molecule has 1 saturated carbocycles. The summed E-state index contributed by atoms with van der Waals surface area (Å²) in [5, 5.41) is 0. The fourth-order valence-corrected chi connectivity index (χ4v) is 4.68. The molecular weight excluding hydrogens is 373 g/mol. The van der Waals surface area contributed by atoms with Gasteiger partial charge in [-0.3, -0.25) is 14.5 Å². The lowest BCUT2D eigenvalue weighted by Gasteiger charge is -2.36. The average molecular weight is 403 g/mol. The van der Waals surface area contributed by atoms with Gasteiger partial charge in [0.1, 0.15) is 23.7 Å². The quantitative estimate of drug-likeness (QED) is 0.774. The third kappa shape index (κ3) is 4.55. The Bertz CT molecular complexity index is 755. The summed E-state index contributed by atoms with van der Waals surface area (Å²) in [6.45, 7) is 5.25. The Morgan fingerprint density at radius 3 is 2.62 bits per heavy atom. The molecule has 6 nitrogen and oxygen atoms in total. The van der Waals surface area contributed by atoms with Crippen LogP contribution in [0.2, 0.25) is 0 Å². The number of benzene rings is 1. The second-order valence-electron chi connectivity index (χ2n) is 8.42. The van der Waals surface area contributed by atoms with Crippen molar-refractivity contribution in [3.05, 3.63) is 30.1 Å². The van der Waals surface area contributed by atoms with E-state index in [0.717, 1.165) is 26.1 Å². The van der Waals surface area contributed by atoms with E-state index >= 15 is 0 Å². The first-order valence-electron chi connectivity index (χ1n) is 10.7. The molecule has 158 valence electrons. The molecule has 0 radical (unpaired) electrons. The Kier molecular flexibility index (Phi) is 6.04. The molecule has 1 aliphatic carbocycles. The molecule has 0 N–H and O–H groups in total. The van der Waals surface area contributed by atoms with Crippen molar-refractivity contribution in [2.75, 3.05) is 32.7 Å². The van der Waals surface area contributed by atoms with E-state index in [1.165, 1.54) is 38.3 Å². The fraction of sp³-hybridized carbons (Fsp3) is 0.636. The summed E-state index contributed by atoms with van der Waals surface area (Å²) in [7, 11) is 0. The molecule has 4 rings (SSSR count). The first-order valence-corrected chi connectivity index (χ1v) is 10.7. The average Bonchev–Trinajstić information content (AvgIpc) is 2.91. The SMILES string of the molecule is CC(=O)N1C[C@@H](Oc2cccc(F)c2)C[C@@H]1C(=O)N1CCCN(C2CCC2)CC1. The van der Waals surface area contributed by atoms with Crippen LogP contribution in [0.1, 0.15) is 39.0 Å². The summed E-state index contributed by atoms with van der Waals surface area (Å²) in [6, 6.07) is 6.17. The summed E-state index contributed by atoms with van der Waals surface area (Å²) >= 11 is 0. The minimum Gasteiger partial charge on any atom is -0.488 e. The molecule has 1 aromatic rings. The summed E-state index contributed by atoms with van der Waals surface area (Å²) in [5.41, 5.74) is 0.